The van der Waals surface area contributed by atoms with Crippen LogP contribution in [0, 0.1) is 0 Å². The maximum absolute atomic E-state index is 10.9. The normalized spacial score (nSPS) is 10.6. The van der Waals surface area contributed by atoms with Crippen molar-refractivity contribution < 1.29 is 19.0 Å². The molecule has 0 unspecified atom stereocenters. The number of carbonyl (C=O) groups is 1. The van der Waals surface area contributed by atoms with Gasteiger partial charge in [-0.25, -0.2) is 5.43 Å². The van der Waals surface area contributed by atoms with E-state index < -0.39 is 0 Å². The molecule has 2 aromatic rings. The molecule has 0 heterocycles. The van der Waals surface area contributed by atoms with Crippen LogP contribution in [0.1, 0.15) is 25.0 Å². The molecule has 0 atom stereocenters. The van der Waals surface area contributed by atoms with Crippen molar-refractivity contribution in [3.63, 3.8) is 0 Å². The lowest BCUT2D eigenvalue weighted by Crippen LogP contribution is -2.12. The molecule has 0 aliphatic rings. The van der Waals surface area contributed by atoms with Crippen LogP contribution in [0.3, 0.4) is 0 Å². The maximum Gasteiger partial charge on any atom is 0.236 e. The molecule has 0 aromatic heterocycles. The van der Waals surface area contributed by atoms with Gasteiger partial charge in [-0.15, -0.1) is 6.58 Å². The predicted molar refractivity (Wildman–Crippen MR) is 115 cm³/mol. The summed E-state index contributed by atoms with van der Waals surface area (Å²) in [5, 5.41) is 4.22. The molecule has 0 aliphatic heterocycles. The molecule has 0 radical (unpaired) electrons. The van der Waals surface area contributed by atoms with Crippen LogP contribution in [-0.2, 0) is 11.2 Å². The highest BCUT2D eigenvalue weighted by atomic mass is 35.5. The van der Waals surface area contributed by atoms with Gasteiger partial charge < -0.3 is 14.2 Å². The van der Waals surface area contributed by atoms with Crippen molar-refractivity contribution in [3.8, 4) is 17.2 Å². The van der Waals surface area contributed by atoms with Gasteiger partial charge in [-0.1, -0.05) is 35.9 Å². The highest BCUT2D eigenvalue weighted by Crippen LogP contribution is 2.36. The number of nitrogens with one attached hydrogen (secondary N) is 1. The van der Waals surface area contributed by atoms with E-state index in [0.29, 0.717) is 41.9 Å². The Hall–Kier alpha value is -2.99. The van der Waals surface area contributed by atoms with Gasteiger partial charge >= 0.3 is 0 Å². The summed E-state index contributed by atoms with van der Waals surface area (Å²) in [4.78, 5) is 10.9. The van der Waals surface area contributed by atoms with Crippen LogP contribution in [0.2, 0.25) is 5.02 Å². The lowest BCUT2D eigenvalue weighted by molar-refractivity contribution is -0.118. The van der Waals surface area contributed by atoms with Gasteiger partial charge in [-0.3, -0.25) is 4.79 Å². The third-order valence-corrected chi connectivity index (χ3v) is 3.97. The van der Waals surface area contributed by atoms with Crippen LogP contribution in [0.4, 0.5) is 0 Å². The molecule has 1 N–H and O–H groups in total. The smallest absolute Gasteiger partial charge is 0.236 e. The summed E-state index contributed by atoms with van der Waals surface area (Å²) < 4.78 is 17.3. The van der Waals surface area contributed by atoms with E-state index in [2.05, 4.69) is 17.1 Å². The molecule has 0 aliphatic carbocycles. The summed E-state index contributed by atoms with van der Waals surface area (Å²) in [5.74, 6) is 1.48. The summed E-state index contributed by atoms with van der Waals surface area (Å²) >= 11 is 6.37. The van der Waals surface area contributed by atoms with Crippen molar-refractivity contribution >= 4 is 23.7 Å². The molecular formula is C22H25ClN2O4. The van der Waals surface area contributed by atoms with Crippen molar-refractivity contribution in [3.05, 3.63) is 65.2 Å². The van der Waals surface area contributed by atoms with E-state index in [1.54, 1.807) is 12.1 Å². The van der Waals surface area contributed by atoms with Crippen LogP contribution in [-0.4, -0.2) is 31.9 Å². The zero-order chi connectivity index (χ0) is 21.1. The Balaban J connectivity index is 2.03. The summed E-state index contributed by atoms with van der Waals surface area (Å²) in [7, 11) is 0. The molecule has 0 fully saturated rings. The van der Waals surface area contributed by atoms with Gasteiger partial charge in [-0.2, -0.15) is 5.10 Å². The van der Waals surface area contributed by atoms with Crippen molar-refractivity contribution in [1.82, 2.24) is 5.43 Å². The van der Waals surface area contributed by atoms with Crippen molar-refractivity contribution in [2.45, 2.75) is 20.3 Å². The number of carbonyl (C=O) groups excluding carboxylic acids is 1. The minimum atomic E-state index is -0.257. The van der Waals surface area contributed by atoms with Gasteiger partial charge in [-0.05, 0) is 42.7 Å². The van der Waals surface area contributed by atoms with Crippen LogP contribution in [0.25, 0.3) is 0 Å². The largest absolute Gasteiger partial charge is 0.490 e. The Kier molecular flexibility index (Phi) is 9.05. The number of ether oxygens (including phenoxy) is 3. The number of para-hydroxylation sites is 1. The fourth-order valence-electron chi connectivity index (χ4n) is 2.53. The first-order valence-corrected chi connectivity index (χ1v) is 9.63. The zero-order valence-corrected chi connectivity index (χ0v) is 17.4. The number of halogens is 1. The molecule has 0 saturated carbocycles. The third kappa shape index (κ3) is 7.16. The number of allylic oxidation sites excluding steroid dienone is 1. The lowest BCUT2D eigenvalue weighted by atomic mass is 10.1. The average molecular weight is 417 g/mol. The molecule has 1 amide bonds. The molecular weight excluding hydrogens is 392 g/mol. The number of hydrogen-bond acceptors (Lipinski definition) is 5. The molecule has 0 saturated heterocycles. The summed E-state index contributed by atoms with van der Waals surface area (Å²) in [6, 6.07) is 11.2. The van der Waals surface area contributed by atoms with Gasteiger partial charge in [0.05, 0.1) is 17.8 Å². The van der Waals surface area contributed by atoms with Crippen molar-refractivity contribution in [2.24, 2.45) is 5.10 Å². The van der Waals surface area contributed by atoms with Gasteiger partial charge in [0.2, 0.25) is 5.91 Å². The van der Waals surface area contributed by atoms with Crippen LogP contribution >= 0.6 is 11.6 Å². The number of nitrogens with zero attached hydrogens (tertiary/aromatic N) is 1. The topological polar surface area (TPSA) is 69.2 Å². The Labute approximate surface area is 176 Å². The number of benzene rings is 2. The fraction of sp³-hybridized carbons (Fsp3) is 0.273. The van der Waals surface area contributed by atoms with E-state index >= 15 is 0 Å². The lowest BCUT2D eigenvalue weighted by Gasteiger charge is -2.15. The Morgan fingerprint density at radius 3 is 2.66 bits per heavy atom. The van der Waals surface area contributed by atoms with E-state index in [0.717, 1.165) is 17.7 Å². The van der Waals surface area contributed by atoms with E-state index in [-0.39, 0.29) is 5.91 Å². The number of hydrazone groups is 1. The van der Waals surface area contributed by atoms with E-state index in [1.807, 2.05) is 37.3 Å². The molecule has 0 bridgehead atoms. The number of amides is 1. The monoisotopic (exact) mass is 416 g/mol. The third-order valence-electron chi connectivity index (χ3n) is 3.69. The molecule has 2 rings (SSSR count). The fourth-order valence-corrected chi connectivity index (χ4v) is 2.80. The van der Waals surface area contributed by atoms with Crippen LogP contribution in [0.5, 0.6) is 17.2 Å². The summed E-state index contributed by atoms with van der Waals surface area (Å²) in [5.41, 5.74) is 4.09. The van der Waals surface area contributed by atoms with Crippen LogP contribution < -0.4 is 19.6 Å². The highest BCUT2D eigenvalue weighted by Gasteiger charge is 2.12. The Bertz CT molecular complexity index is 868. The van der Waals surface area contributed by atoms with Gasteiger partial charge in [0.25, 0.3) is 0 Å². The first-order chi connectivity index (χ1) is 14.0. The minimum absolute atomic E-state index is 0.257. The molecule has 29 heavy (non-hydrogen) atoms. The zero-order valence-electron chi connectivity index (χ0n) is 16.6. The second-order valence-electron chi connectivity index (χ2n) is 5.99. The molecule has 7 heteroatoms. The van der Waals surface area contributed by atoms with Gasteiger partial charge in [0.15, 0.2) is 11.5 Å². The van der Waals surface area contributed by atoms with E-state index in [1.165, 1.54) is 13.1 Å². The second-order valence-corrected chi connectivity index (χ2v) is 6.39. The highest BCUT2D eigenvalue weighted by molar-refractivity contribution is 6.32. The first kappa shape index (κ1) is 22.3. The first-order valence-electron chi connectivity index (χ1n) is 9.25. The maximum atomic E-state index is 10.9. The average Bonchev–Trinajstić information content (AvgIpc) is 2.68. The molecule has 6 nitrogen and oxygen atoms in total. The van der Waals surface area contributed by atoms with Gasteiger partial charge in [0, 0.05) is 6.92 Å². The summed E-state index contributed by atoms with van der Waals surface area (Å²) in [6.45, 7) is 8.11. The van der Waals surface area contributed by atoms with E-state index in [4.69, 9.17) is 25.8 Å². The van der Waals surface area contributed by atoms with Crippen molar-refractivity contribution in [2.75, 3.05) is 19.8 Å². The molecule has 0 spiro atoms. The van der Waals surface area contributed by atoms with Crippen molar-refractivity contribution in [1.29, 1.82) is 0 Å². The Morgan fingerprint density at radius 1 is 1.17 bits per heavy atom. The van der Waals surface area contributed by atoms with E-state index in [9.17, 15) is 4.79 Å². The second kappa shape index (κ2) is 11.8. The van der Waals surface area contributed by atoms with Crippen LogP contribution in [0.15, 0.2) is 54.2 Å². The minimum Gasteiger partial charge on any atom is -0.490 e. The predicted octanol–water partition coefficient (Wildman–Crippen LogP) is 4.40. The quantitative estimate of drug-likeness (QED) is 0.255. The summed E-state index contributed by atoms with van der Waals surface area (Å²) in [6.07, 6.45) is 4.06. The number of hydrogen-bond donors (Lipinski definition) is 1. The Morgan fingerprint density at radius 2 is 1.93 bits per heavy atom. The standard InChI is InChI=1S/C22H25ClN2O4/c1-4-8-18-9-6-7-10-20(18)28-11-12-29-22-19(23)13-17(14-21(22)27-5-2)15-24-25-16(3)26/h4,6-7,9-10,13-15H,1,5,8,11-12H2,2-3H3,(H,25,26)/b24-15-. The number of rotatable bonds is 11. The SMILES string of the molecule is C=CCc1ccccc1OCCOc1c(Cl)cc(/C=N\NC(C)=O)cc1OCC. The molecule has 154 valence electrons. The van der Waals surface area contributed by atoms with Gasteiger partial charge in [0.1, 0.15) is 19.0 Å². The molecule has 2 aromatic carbocycles.